The first kappa shape index (κ1) is 20.8. The largest absolute Gasteiger partial charge is 0.444 e. The second-order valence-electron chi connectivity index (χ2n) is 5.65. The smallest absolute Gasteiger partial charge is 0.336 e. The molecule has 3 aromatic rings. The van der Waals surface area contributed by atoms with Gasteiger partial charge in [-0.25, -0.2) is 10.2 Å². The number of hydrazone groups is 1. The molecule has 0 saturated carbocycles. The predicted molar refractivity (Wildman–Crippen MR) is 117 cm³/mol. The maximum Gasteiger partial charge on any atom is 0.336 e. The summed E-state index contributed by atoms with van der Waals surface area (Å²) >= 11 is 6.49. The number of hydrogen-bond acceptors (Lipinski definition) is 5. The van der Waals surface area contributed by atoms with E-state index in [4.69, 9.17) is 9.15 Å². The van der Waals surface area contributed by atoms with Crippen LogP contribution in [0.5, 0.6) is 5.75 Å². The van der Waals surface area contributed by atoms with E-state index in [-0.39, 0.29) is 5.76 Å². The minimum absolute atomic E-state index is 0.112. The van der Waals surface area contributed by atoms with Gasteiger partial charge in [0.15, 0.2) is 10.4 Å². The second-order valence-corrected chi connectivity index (χ2v) is 7.35. The standard InChI is InChI=1S/C21H14Br2N2O4/c22-16-7-8-17(29-20(26)11-6-14-4-2-1-3-5-14)15(12-16)13-24-25-21(27)18-9-10-19(23)28-18/h1-13H,(H,25,27)/b11-6+,24-13+. The molecule has 6 nitrogen and oxygen atoms in total. The van der Waals surface area contributed by atoms with Gasteiger partial charge in [-0.2, -0.15) is 5.10 Å². The van der Waals surface area contributed by atoms with Crippen molar-refractivity contribution in [3.8, 4) is 5.75 Å². The highest BCUT2D eigenvalue weighted by atomic mass is 79.9. The molecule has 0 radical (unpaired) electrons. The number of ether oxygens (including phenoxy) is 1. The number of carbonyl (C=O) groups is 2. The van der Waals surface area contributed by atoms with Gasteiger partial charge in [-0.3, -0.25) is 4.79 Å². The SMILES string of the molecule is O=C(/C=C/c1ccccc1)Oc1ccc(Br)cc1/C=N/NC(=O)c1ccc(Br)o1. The number of furan rings is 1. The van der Waals surface area contributed by atoms with E-state index < -0.39 is 11.9 Å². The van der Waals surface area contributed by atoms with Crippen LogP contribution in [0.3, 0.4) is 0 Å². The molecular weight excluding hydrogens is 504 g/mol. The van der Waals surface area contributed by atoms with Crippen LogP contribution < -0.4 is 10.2 Å². The molecule has 3 rings (SSSR count). The first-order chi connectivity index (χ1) is 14.0. The number of halogens is 2. The third-order valence-electron chi connectivity index (χ3n) is 3.56. The quantitative estimate of drug-likeness (QED) is 0.160. The number of esters is 1. The molecular formula is C21H14Br2N2O4. The molecule has 0 aliphatic carbocycles. The highest BCUT2D eigenvalue weighted by Gasteiger charge is 2.10. The Kier molecular flexibility index (Phi) is 7.15. The van der Waals surface area contributed by atoms with Gasteiger partial charge in [0.1, 0.15) is 5.75 Å². The monoisotopic (exact) mass is 516 g/mol. The lowest BCUT2D eigenvalue weighted by molar-refractivity contribution is -0.128. The van der Waals surface area contributed by atoms with Crippen molar-refractivity contribution in [2.45, 2.75) is 0 Å². The summed E-state index contributed by atoms with van der Waals surface area (Å²) in [7, 11) is 0. The number of amides is 1. The summed E-state index contributed by atoms with van der Waals surface area (Å²) in [6.07, 6.45) is 4.38. The average molecular weight is 518 g/mol. The van der Waals surface area contributed by atoms with E-state index >= 15 is 0 Å². The highest BCUT2D eigenvalue weighted by Crippen LogP contribution is 2.22. The summed E-state index contributed by atoms with van der Waals surface area (Å²) in [5.41, 5.74) is 3.74. The second kappa shape index (κ2) is 9.99. The number of carbonyl (C=O) groups excluding carboxylic acids is 2. The normalized spacial score (nSPS) is 11.1. The highest BCUT2D eigenvalue weighted by molar-refractivity contribution is 9.10. The summed E-state index contributed by atoms with van der Waals surface area (Å²) in [6, 6.07) is 17.6. The van der Waals surface area contributed by atoms with Crippen LogP contribution in [0, 0.1) is 0 Å². The van der Waals surface area contributed by atoms with Crippen molar-refractivity contribution in [1.29, 1.82) is 0 Å². The Bertz CT molecular complexity index is 1080. The molecule has 1 aromatic heterocycles. The maximum atomic E-state index is 12.1. The number of nitrogens with zero attached hydrogens (tertiary/aromatic N) is 1. The van der Waals surface area contributed by atoms with Crippen LogP contribution in [0.15, 0.2) is 85.4 Å². The Labute approximate surface area is 183 Å². The van der Waals surface area contributed by atoms with Gasteiger partial charge < -0.3 is 9.15 Å². The Morgan fingerprint density at radius 1 is 1.03 bits per heavy atom. The van der Waals surface area contributed by atoms with Crippen molar-refractivity contribution in [3.05, 3.63) is 92.8 Å². The Morgan fingerprint density at radius 2 is 1.83 bits per heavy atom. The molecule has 146 valence electrons. The van der Waals surface area contributed by atoms with E-state index in [1.165, 1.54) is 18.4 Å². The minimum Gasteiger partial charge on any atom is -0.444 e. The fourth-order valence-electron chi connectivity index (χ4n) is 2.24. The molecule has 0 unspecified atom stereocenters. The third kappa shape index (κ3) is 6.27. The zero-order chi connectivity index (χ0) is 20.6. The van der Waals surface area contributed by atoms with E-state index in [2.05, 4.69) is 42.4 Å². The molecule has 1 heterocycles. The van der Waals surface area contributed by atoms with Crippen molar-refractivity contribution in [3.63, 3.8) is 0 Å². The van der Waals surface area contributed by atoms with Crippen LogP contribution in [0.2, 0.25) is 0 Å². The van der Waals surface area contributed by atoms with Crippen LogP contribution in [0.1, 0.15) is 21.7 Å². The summed E-state index contributed by atoms with van der Waals surface area (Å²) in [5, 5.41) is 3.90. The molecule has 1 amide bonds. The van der Waals surface area contributed by atoms with Gasteiger partial charge in [-0.05, 0) is 57.9 Å². The van der Waals surface area contributed by atoms with Gasteiger partial charge >= 0.3 is 11.9 Å². The fraction of sp³-hybridized carbons (Fsp3) is 0. The van der Waals surface area contributed by atoms with E-state index in [1.807, 2.05) is 30.3 Å². The van der Waals surface area contributed by atoms with Crippen molar-refractivity contribution in [2.24, 2.45) is 5.10 Å². The maximum absolute atomic E-state index is 12.1. The summed E-state index contributed by atoms with van der Waals surface area (Å²) < 4.78 is 11.8. The number of benzene rings is 2. The van der Waals surface area contributed by atoms with E-state index in [0.29, 0.717) is 16.0 Å². The van der Waals surface area contributed by atoms with Crippen LogP contribution in [-0.2, 0) is 4.79 Å². The zero-order valence-corrected chi connectivity index (χ0v) is 18.0. The van der Waals surface area contributed by atoms with Gasteiger partial charge in [0.25, 0.3) is 0 Å². The van der Waals surface area contributed by atoms with Crippen molar-refractivity contribution < 1.29 is 18.7 Å². The van der Waals surface area contributed by atoms with Crippen molar-refractivity contribution >= 4 is 56.0 Å². The Morgan fingerprint density at radius 3 is 2.55 bits per heavy atom. The van der Waals surface area contributed by atoms with Crippen molar-refractivity contribution in [2.75, 3.05) is 0 Å². The van der Waals surface area contributed by atoms with E-state index in [9.17, 15) is 9.59 Å². The first-order valence-corrected chi connectivity index (χ1v) is 9.93. The molecule has 0 bridgehead atoms. The van der Waals surface area contributed by atoms with Gasteiger partial charge in [0.05, 0.1) is 6.21 Å². The molecule has 1 N–H and O–H groups in total. The molecule has 0 spiro atoms. The summed E-state index contributed by atoms with van der Waals surface area (Å²) in [5.74, 6) is -0.628. The molecule has 0 atom stereocenters. The van der Waals surface area contributed by atoms with E-state index in [1.54, 1.807) is 30.3 Å². The van der Waals surface area contributed by atoms with Crippen LogP contribution in [0.25, 0.3) is 6.08 Å². The fourth-order valence-corrected chi connectivity index (χ4v) is 2.92. The van der Waals surface area contributed by atoms with E-state index in [0.717, 1.165) is 10.0 Å². The van der Waals surface area contributed by atoms with Gasteiger partial charge in [-0.1, -0.05) is 46.3 Å². The van der Waals surface area contributed by atoms with Crippen molar-refractivity contribution in [1.82, 2.24) is 5.43 Å². The van der Waals surface area contributed by atoms with Crippen LogP contribution in [0.4, 0.5) is 0 Å². The lowest BCUT2D eigenvalue weighted by Gasteiger charge is -2.06. The molecule has 0 aliphatic rings. The molecule has 0 saturated heterocycles. The third-order valence-corrected chi connectivity index (χ3v) is 4.48. The van der Waals surface area contributed by atoms with Gasteiger partial charge in [0.2, 0.25) is 0 Å². The van der Waals surface area contributed by atoms with Gasteiger partial charge in [-0.15, -0.1) is 0 Å². The number of hydrogen-bond donors (Lipinski definition) is 1. The average Bonchev–Trinajstić information content (AvgIpc) is 3.15. The van der Waals surface area contributed by atoms with Crippen LogP contribution in [-0.4, -0.2) is 18.1 Å². The predicted octanol–water partition coefficient (Wildman–Crippen LogP) is 5.19. The Balaban J connectivity index is 1.68. The summed E-state index contributed by atoms with van der Waals surface area (Å²) in [4.78, 5) is 24.1. The molecule has 0 fully saturated rings. The molecule has 8 heteroatoms. The molecule has 29 heavy (non-hydrogen) atoms. The Hall–Kier alpha value is -2.97. The molecule has 0 aliphatic heterocycles. The number of nitrogens with one attached hydrogen (secondary N) is 1. The first-order valence-electron chi connectivity index (χ1n) is 8.34. The zero-order valence-electron chi connectivity index (χ0n) is 14.8. The molecule has 2 aromatic carbocycles. The topological polar surface area (TPSA) is 80.9 Å². The lowest BCUT2D eigenvalue weighted by atomic mass is 10.2. The minimum atomic E-state index is -0.532. The lowest BCUT2D eigenvalue weighted by Crippen LogP contribution is -2.17. The van der Waals surface area contributed by atoms with Crippen LogP contribution >= 0.6 is 31.9 Å². The number of rotatable bonds is 6. The van der Waals surface area contributed by atoms with Gasteiger partial charge in [0, 0.05) is 16.1 Å². The summed E-state index contributed by atoms with van der Waals surface area (Å²) in [6.45, 7) is 0.